The second-order valence-electron chi connectivity index (χ2n) is 7.62. The summed E-state index contributed by atoms with van der Waals surface area (Å²) < 4.78 is 0. The molecule has 0 aromatic heterocycles. The van der Waals surface area contributed by atoms with Crippen molar-refractivity contribution in [2.75, 3.05) is 19.6 Å². The highest BCUT2D eigenvalue weighted by Crippen LogP contribution is 2.44. The number of carbonyl (C=O) groups is 1. The van der Waals surface area contributed by atoms with Crippen molar-refractivity contribution in [2.45, 2.75) is 70.4 Å². The Bertz CT molecular complexity index is 452. The first kappa shape index (κ1) is 17.4. The molecule has 3 aliphatic rings. The van der Waals surface area contributed by atoms with E-state index >= 15 is 0 Å². The van der Waals surface area contributed by atoms with Crippen molar-refractivity contribution in [3.05, 3.63) is 0 Å². The van der Waals surface area contributed by atoms with Gasteiger partial charge in [-0.05, 0) is 38.0 Å². The average Bonchev–Trinajstić information content (AvgIpc) is 3.35. The number of amides is 2. The van der Waals surface area contributed by atoms with E-state index in [2.05, 4.69) is 22.5 Å². The maximum absolute atomic E-state index is 11.2. The molecule has 6 nitrogen and oxygen atoms in total. The zero-order valence-corrected chi connectivity index (χ0v) is 15.0. The second-order valence-corrected chi connectivity index (χ2v) is 7.62. The molecule has 2 unspecified atom stereocenters. The van der Waals surface area contributed by atoms with Gasteiger partial charge in [-0.15, -0.1) is 0 Å². The van der Waals surface area contributed by atoms with E-state index in [-0.39, 0.29) is 6.03 Å². The number of aliphatic imine (C=N–C) groups is 1. The van der Waals surface area contributed by atoms with Crippen LogP contribution in [0.15, 0.2) is 4.99 Å². The van der Waals surface area contributed by atoms with Gasteiger partial charge >= 0.3 is 6.03 Å². The average molecular weight is 335 g/mol. The number of nitrogens with zero attached hydrogens (tertiary/aromatic N) is 2. The fraction of sp³-hybridized carbons (Fsp3) is 0.889. The van der Waals surface area contributed by atoms with E-state index in [1.165, 1.54) is 38.5 Å². The fourth-order valence-electron chi connectivity index (χ4n) is 4.37. The second kappa shape index (κ2) is 8.08. The Morgan fingerprint density at radius 3 is 2.46 bits per heavy atom. The summed E-state index contributed by atoms with van der Waals surface area (Å²) in [5.74, 6) is 2.74. The molecule has 3 fully saturated rings. The Hall–Kier alpha value is -1.46. The highest BCUT2D eigenvalue weighted by Gasteiger charge is 2.43. The van der Waals surface area contributed by atoms with Crippen LogP contribution in [0.2, 0.25) is 0 Å². The van der Waals surface area contributed by atoms with Gasteiger partial charge in [-0.1, -0.05) is 32.1 Å². The van der Waals surface area contributed by atoms with Crippen molar-refractivity contribution in [3.63, 3.8) is 0 Å². The monoisotopic (exact) mass is 335 g/mol. The van der Waals surface area contributed by atoms with Crippen molar-refractivity contribution in [3.8, 4) is 0 Å². The Morgan fingerprint density at radius 2 is 1.83 bits per heavy atom. The number of nitrogens with one attached hydrogen (secondary N) is 2. The van der Waals surface area contributed by atoms with Crippen LogP contribution < -0.4 is 16.4 Å². The summed E-state index contributed by atoms with van der Waals surface area (Å²) >= 11 is 0. The Morgan fingerprint density at radius 1 is 1.12 bits per heavy atom. The van der Waals surface area contributed by atoms with Crippen LogP contribution in [0, 0.1) is 11.8 Å². The molecule has 24 heavy (non-hydrogen) atoms. The number of urea groups is 1. The van der Waals surface area contributed by atoms with Crippen LogP contribution in [-0.4, -0.2) is 48.6 Å². The molecule has 3 rings (SSSR count). The van der Waals surface area contributed by atoms with Crippen molar-refractivity contribution in [1.29, 1.82) is 0 Å². The van der Waals surface area contributed by atoms with Crippen LogP contribution in [0.3, 0.4) is 0 Å². The number of guanidine groups is 1. The van der Waals surface area contributed by atoms with Crippen LogP contribution >= 0.6 is 0 Å². The van der Waals surface area contributed by atoms with Gasteiger partial charge < -0.3 is 21.3 Å². The van der Waals surface area contributed by atoms with E-state index in [1.807, 2.05) is 0 Å². The number of piperidine rings is 1. The summed E-state index contributed by atoms with van der Waals surface area (Å²) in [6, 6.07) is 0.684. The van der Waals surface area contributed by atoms with E-state index in [1.54, 1.807) is 4.90 Å². The third kappa shape index (κ3) is 4.54. The van der Waals surface area contributed by atoms with Crippen LogP contribution in [0.4, 0.5) is 4.79 Å². The van der Waals surface area contributed by atoms with Crippen molar-refractivity contribution in [1.82, 2.24) is 15.5 Å². The maximum Gasteiger partial charge on any atom is 0.314 e. The largest absolute Gasteiger partial charge is 0.354 e. The van der Waals surface area contributed by atoms with Gasteiger partial charge in [0.05, 0.1) is 0 Å². The molecule has 2 atom stereocenters. The minimum absolute atomic E-state index is 0.303. The summed E-state index contributed by atoms with van der Waals surface area (Å²) in [4.78, 5) is 17.6. The van der Waals surface area contributed by atoms with Gasteiger partial charge in [0.1, 0.15) is 0 Å². The van der Waals surface area contributed by atoms with Gasteiger partial charge in [0, 0.05) is 31.7 Å². The zero-order valence-electron chi connectivity index (χ0n) is 15.0. The van der Waals surface area contributed by atoms with Crippen molar-refractivity contribution in [2.24, 2.45) is 22.6 Å². The first-order chi connectivity index (χ1) is 11.7. The smallest absolute Gasteiger partial charge is 0.314 e. The molecule has 0 aromatic rings. The van der Waals surface area contributed by atoms with E-state index in [4.69, 9.17) is 5.73 Å². The molecule has 1 saturated heterocycles. The number of hydrogen-bond donors (Lipinski definition) is 3. The summed E-state index contributed by atoms with van der Waals surface area (Å²) in [5.41, 5.74) is 5.35. The number of hydrogen-bond acceptors (Lipinski definition) is 2. The molecule has 2 amide bonds. The third-order valence-electron chi connectivity index (χ3n) is 5.88. The van der Waals surface area contributed by atoms with E-state index in [0.717, 1.165) is 50.3 Å². The van der Waals surface area contributed by atoms with Crippen molar-refractivity contribution < 1.29 is 4.79 Å². The minimum atomic E-state index is -0.303. The Kier molecular flexibility index (Phi) is 5.85. The molecular formula is C18H33N5O. The van der Waals surface area contributed by atoms with E-state index < -0.39 is 0 Å². The van der Waals surface area contributed by atoms with Crippen LogP contribution in [0.5, 0.6) is 0 Å². The zero-order chi connectivity index (χ0) is 16.9. The van der Waals surface area contributed by atoms with Gasteiger partial charge in [0.15, 0.2) is 5.96 Å². The Labute approximate surface area is 145 Å². The number of likely N-dealkylation sites (tertiary alicyclic amines) is 1. The molecule has 0 spiro atoms. The Balaban J connectivity index is 1.44. The molecule has 1 heterocycles. The van der Waals surface area contributed by atoms with Gasteiger partial charge in [0.25, 0.3) is 0 Å². The predicted octanol–water partition coefficient (Wildman–Crippen LogP) is 2.05. The van der Waals surface area contributed by atoms with Gasteiger partial charge in [-0.2, -0.15) is 0 Å². The lowest BCUT2D eigenvalue weighted by molar-refractivity contribution is 0.188. The SMILES string of the molecule is CCN=C(NC1CCN(C(N)=O)CC1)NC1CC1C1CCCCC1. The van der Waals surface area contributed by atoms with Gasteiger partial charge in [-0.25, -0.2) is 4.79 Å². The lowest BCUT2D eigenvalue weighted by Crippen LogP contribution is -2.51. The molecule has 0 aromatic carbocycles. The predicted molar refractivity (Wildman–Crippen MR) is 96.9 cm³/mol. The number of rotatable bonds is 4. The quantitative estimate of drug-likeness (QED) is 0.543. The summed E-state index contributed by atoms with van der Waals surface area (Å²) in [7, 11) is 0. The van der Waals surface area contributed by atoms with E-state index in [0.29, 0.717) is 12.1 Å². The highest BCUT2D eigenvalue weighted by molar-refractivity contribution is 5.81. The number of nitrogens with two attached hydrogens (primary N) is 1. The number of primary amides is 1. The lowest BCUT2D eigenvalue weighted by Gasteiger charge is -2.32. The topological polar surface area (TPSA) is 82.8 Å². The molecular weight excluding hydrogens is 302 g/mol. The lowest BCUT2D eigenvalue weighted by atomic mass is 9.85. The first-order valence-electron chi connectivity index (χ1n) is 9.79. The van der Waals surface area contributed by atoms with Crippen LogP contribution in [0.25, 0.3) is 0 Å². The van der Waals surface area contributed by atoms with Gasteiger partial charge in [-0.3, -0.25) is 4.99 Å². The first-order valence-corrected chi connectivity index (χ1v) is 9.79. The van der Waals surface area contributed by atoms with Crippen LogP contribution in [0.1, 0.15) is 58.3 Å². The molecule has 0 bridgehead atoms. The van der Waals surface area contributed by atoms with Crippen molar-refractivity contribution >= 4 is 12.0 Å². The van der Waals surface area contributed by atoms with Crippen LogP contribution in [-0.2, 0) is 0 Å². The molecule has 136 valence electrons. The molecule has 0 radical (unpaired) electrons. The third-order valence-corrected chi connectivity index (χ3v) is 5.88. The highest BCUT2D eigenvalue weighted by atomic mass is 16.2. The molecule has 2 saturated carbocycles. The maximum atomic E-state index is 11.2. The van der Waals surface area contributed by atoms with E-state index in [9.17, 15) is 4.79 Å². The minimum Gasteiger partial charge on any atom is -0.354 e. The summed E-state index contributed by atoms with van der Waals surface area (Å²) in [6.07, 6.45) is 10.3. The molecule has 1 aliphatic heterocycles. The molecule has 4 N–H and O–H groups in total. The number of carbonyl (C=O) groups excluding carboxylic acids is 1. The summed E-state index contributed by atoms with van der Waals surface area (Å²) in [6.45, 7) is 4.34. The van der Waals surface area contributed by atoms with Gasteiger partial charge in [0.2, 0.25) is 0 Å². The molecule has 2 aliphatic carbocycles. The summed E-state index contributed by atoms with van der Waals surface area (Å²) in [5, 5.41) is 7.23. The normalized spacial score (nSPS) is 29.4. The standard InChI is InChI=1S/C18H33N5O/c1-2-20-18(21-14-8-10-23(11-9-14)17(19)24)22-16-12-15(16)13-6-4-3-5-7-13/h13-16H,2-12H2,1H3,(H2,19,24)(H2,20,21,22). The molecule has 6 heteroatoms. The fourth-order valence-corrected chi connectivity index (χ4v) is 4.37.